The number of aromatic nitrogens is 2. The van der Waals surface area contributed by atoms with Crippen molar-refractivity contribution in [1.29, 1.82) is 0 Å². The van der Waals surface area contributed by atoms with E-state index in [2.05, 4.69) is 4.98 Å². The topological polar surface area (TPSA) is 105 Å². The lowest BCUT2D eigenvalue weighted by Gasteiger charge is -2.34. The van der Waals surface area contributed by atoms with Crippen LogP contribution in [0.1, 0.15) is 66.6 Å². The van der Waals surface area contributed by atoms with Gasteiger partial charge < -0.3 is 19.5 Å². The van der Waals surface area contributed by atoms with Crippen molar-refractivity contribution in [3.05, 3.63) is 116 Å². The number of hydrogen-bond acceptors (Lipinski definition) is 5. The molecule has 9 nitrogen and oxygen atoms in total. The number of piperidine rings is 1. The molecule has 45 heavy (non-hydrogen) atoms. The molecule has 1 saturated heterocycles. The molecule has 2 amide bonds. The van der Waals surface area contributed by atoms with E-state index in [0.29, 0.717) is 47.8 Å². The van der Waals surface area contributed by atoms with Crippen LogP contribution in [0.4, 0.5) is 0 Å². The van der Waals surface area contributed by atoms with Gasteiger partial charge in [0.2, 0.25) is 5.91 Å². The number of rotatable bonds is 7. The minimum atomic E-state index is -0.438. The van der Waals surface area contributed by atoms with Gasteiger partial charge in [0.05, 0.1) is 29.8 Å². The Kier molecular flexibility index (Phi) is 8.63. The van der Waals surface area contributed by atoms with Gasteiger partial charge in [0.25, 0.3) is 5.91 Å². The highest BCUT2D eigenvalue weighted by Gasteiger charge is 2.37. The van der Waals surface area contributed by atoms with Crippen LogP contribution < -0.4 is 5.69 Å². The first-order valence-electron chi connectivity index (χ1n) is 15.3. The fourth-order valence-electron chi connectivity index (χ4n) is 6.54. The number of para-hydroxylation sites is 2. The lowest BCUT2D eigenvalue weighted by atomic mass is 9.83. The molecule has 3 heterocycles. The van der Waals surface area contributed by atoms with Crippen molar-refractivity contribution >= 4 is 40.4 Å². The van der Waals surface area contributed by atoms with Crippen LogP contribution >= 0.6 is 11.6 Å². The van der Waals surface area contributed by atoms with Crippen LogP contribution in [0, 0.1) is 0 Å². The molecule has 1 unspecified atom stereocenters. The van der Waals surface area contributed by atoms with E-state index in [0.717, 1.165) is 22.2 Å². The third-order valence-corrected chi connectivity index (χ3v) is 9.13. The average molecular weight is 627 g/mol. The van der Waals surface area contributed by atoms with Gasteiger partial charge in [0, 0.05) is 47.8 Å². The van der Waals surface area contributed by atoms with E-state index >= 15 is 0 Å². The summed E-state index contributed by atoms with van der Waals surface area (Å²) in [6, 6.07) is 22.1. The second kappa shape index (κ2) is 12.8. The maximum absolute atomic E-state index is 13.4. The molecule has 10 heteroatoms. The van der Waals surface area contributed by atoms with Crippen LogP contribution in [0.3, 0.4) is 0 Å². The predicted octanol–water partition coefficient (Wildman–Crippen LogP) is 5.81. The van der Waals surface area contributed by atoms with E-state index < -0.39 is 11.9 Å². The number of halogens is 1. The van der Waals surface area contributed by atoms with E-state index in [9.17, 15) is 19.2 Å². The summed E-state index contributed by atoms with van der Waals surface area (Å²) in [5, 5.41) is 0.578. The molecular weight excluding hydrogens is 592 g/mol. The summed E-state index contributed by atoms with van der Waals surface area (Å²) in [5.74, 6) is -1.03. The minimum absolute atomic E-state index is 0.0252. The number of esters is 1. The Morgan fingerprint density at radius 1 is 0.956 bits per heavy atom. The van der Waals surface area contributed by atoms with E-state index in [1.807, 2.05) is 58.0 Å². The number of H-pyrrole nitrogens is 1. The molecule has 4 aromatic rings. The van der Waals surface area contributed by atoms with Crippen LogP contribution in [0.2, 0.25) is 5.02 Å². The van der Waals surface area contributed by atoms with Crippen LogP contribution in [0.25, 0.3) is 11.0 Å². The Labute approximate surface area is 266 Å². The zero-order chi connectivity index (χ0) is 31.7. The third-order valence-electron chi connectivity index (χ3n) is 8.87. The van der Waals surface area contributed by atoms with Crippen LogP contribution in [0.15, 0.2) is 88.9 Å². The van der Waals surface area contributed by atoms with Gasteiger partial charge in [-0.2, -0.15) is 0 Å². The number of imidazole rings is 1. The molecule has 3 aromatic carbocycles. The summed E-state index contributed by atoms with van der Waals surface area (Å²) in [5.41, 5.74) is 4.83. The van der Waals surface area contributed by atoms with Crippen molar-refractivity contribution in [2.45, 2.75) is 51.6 Å². The molecule has 2 aliphatic heterocycles. The number of allylic oxidation sites excluding steroid dienone is 1. The Morgan fingerprint density at radius 2 is 1.64 bits per heavy atom. The summed E-state index contributed by atoms with van der Waals surface area (Å²) >= 11 is 6.08. The zero-order valence-electron chi connectivity index (χ0n) is 25.3. The first kappa shape index (κ1) is 30.4. The number of nitrogens with one attached hydrogen (secondary N) is 1. The summed E-state index contributed by atoms with van der Waals surface area (Å²) in [4.78, 5) is 58.9. The average Bonchev–Trinajstić information content (AvgIpc) is 3.39. The number of hydrogen-bond donors (Lipinski definition) is 1. The van der Waals surface area contributed by atoms with Crippen LogP contribution in [-0.4, -0.2) is 56.8 Å². The van der Waals surface area contributed by atoms with Crippen LogP contribution in [0.5, 0.6) is 0 Å². The minimum Gasteiger partial charge on any atom is -0.463 e. The number of fused-ring (bicyclic) bond motifs is 1. The van der Waals surface area contributed by atoms with E-state index in [1.165, 1.54) is 0 Å². The first-order valence-corrected chi connectivity index (χ1v) is 15.6. The molecule has 0 aliphatic carbocycles. The van der Waals surface area contributed by atoms with Gasteiger partial charge in [0.1, 0.15) is 0 Å². The van der Waals surface area contributed by atoms with Crippen molar-refractivity contribution in [3.63, 3.8) is 0 Å². The zero-order valence-corrected chi connectivity index (χ0v) is 26.0. The number of aromatic amines is 1. The van der Waals surface area contributed by atoms with Crippen molar-refractivity contribution < 1.29 is 19.1 Å². The molecule has 1 fully saturated rings. The number of carbonyl (C=O) groups is 3. The smallest absolute Gasteiger partial charge is 0.336 e. The number of amides is 2. The van der Waals surface area contributed by atoms with E-state index in [4.69, 9.17) is 16.3 Å². The van der Waals surface area contributed by atoms with Gasteiger partial charge in [-0.25, -0.2) is 9.59 Å². The molecule has 0 bridgehead atoms. The number of benzene rings is 3. The van der Waals surface area contributed by atoms with Gasteiger partial charge >= 0.3 is 11.7 Å². The molecule has 2 aliphatic rings. The number of nitrogens with zero attached hydrogens (tertiary/aromatic N) is 3. The van der Waals surface area contributed by atoms with Gasteiger partial charge in [0.15, 0.2) is 0 Å². The molecule has 1 atom stereocenters. The van der Waals surface area contributed by atoms with Crippen molar-refractivity contribution in [1.82, 2.24) is 19.4 Å². The molecule has 0 spiro atoms. The highest BCUT2D eigenvalue weighted by Crippen LogP contribution is 2.38. The molecule has 1 N–H and O–H groups in total. The summed E-state index contributed by atoms with van der Waals surface area (Å²) in [6.45, 7) is 5.13. The van der Waals surface area contributed by atoms with Gasteiger partial charge in [-0.1, -0.05) is 48.0 Å². The highest BCUT2D eigenvalue weighted by atomic mass is 35.5. The molecule has 0 radical (unpaired) electrons. The van der Waals surface area contributed by atoms with E-state index in [-0.39, 0.29) is 43.1 Å². The quantitative estimate of drug-likeness (QED) is 0.261. The van der Waals surface area contributed by atoms with E-state index in [1.54, 1.807) is 43.0 Å². The molecule has 1 aromatic heterocycles. The fraction of sp³-hybridized carbons (Fsp3) is 0.314. The van der Waals surface area contributed by atoms with Crippen molar-refractivity contribution in [3.8, 4) is 0 Å². The second-order valence-corrected chi connectivity index (χ2v) is 12.0. The lowest BCUT2D eigenvalue weighted by molar-refractivity contribution is -0.140. The maximum atomic E-state index is 13.4. The number of likely N-dealkylation sites (tertiary alicyclic amines) is 1. The summed E-state index contributed by atoms with van der Waals surface area (Å²) in [7, 11) is 0. The molecule has 0 saturated carbocycles. The number of ether oxygens (including phenoxy) is 1. The molecular formula is C35H35ClN4O5. The largest absolute Gasteiger partial charge is 0.463 e. The first-order chi connectivity index (χ1) is 21.7. The normalized spacial score (nSPS) is 17.7. The monoisotopic (exact) mass is 626 g/mol. The maximum Gasteiger partial charge on any atom is 0.336 e. The number of carbonyl (C=O) groups excluding carboxylic acids is 3. The summed E-state index contributed by atoms with van der Waals surface area (Å²) in [6.07, 6.45) is 1.51. The standard InChI is InChI=1S/C35H35ClN4O5/c1-3-45-34(43)32-22(2)39(31(41)20-28(32)24-12-14-26(36)15-13-24)21-23-8-10-25(11-9-23)33(42)38-18-16-27(17-19-38)40-30-7-5-4-6-29(30)37-35(40)44/h4-15,27-28H,3,16-21H2,1-2H3,(H,37,44). The predicted molar refractivity (Wildman–Crippen MR) is 172 cm³/mol. The van der Waals surface area contributed by atoms with Crippen molar-refractivity contribution in [2.24, 2.45) is 0 Å². The molecule has 232 valence electrons. The fourth-order valence-corrected chi connectivity index (χ4v) is 6.66. The van der Waals surface area contributed by atoms with Crippen LogP contribution in [-0.2, 0) is 20.9 Å². The van der Waals surface area contributed by atoms with Gasteiger partial charge in [-0.05, 0) is 74.2 Å². The summed E-state index contributed by atoms with van der Waals surface area (Å²) < 4.78 is 7.21. The SMILES string of the molecule is CCOC(=O)C1=C(C)N(Cc2ccc(C(=O)N3CCC(n4c(=O)[nH]c5ccccc54)CC3)cc2)C(=O)CC1c1ccc(Cl)cc1. The van der Waals surface area contributed by atoms with Gasteiger partial charge in [-0.3, -0.25) is 14.2 Å². The lowest BCUT2D eigenvalue weighted by Crippen LogP contribution is -2.40. The Bertz CT molecular complexity index is 1830. The second-order valence-electron chi connectivity index (χ2n) is 11.5. The highest BCUT2D eigenvalue weighted by molar-refractivity contribution is 6.30. The van der Waals surface area contributed by atoms with Gasteiger partial charge in [-0.15, -0.1) is 0 Å². The Balaban J connectivity index is 1.15. The third kappa shape index (κ3) is 6.04. The van der Waals surface area contributed by atoms with Crippen molar-refractivity contribution in [2.75, 3.05) is 19.7 Å². The Morgan fingerprint density at radius 3 is 2.33 bits per heavy atom. The molecule has 6 rings (SSSR count). The Hall–Kier alpha value is -4.63.